The van der Waals surface area contributed by atoms with Gasteiger partial charge in [0.05, 0.1) is 6.04 Å². The Bertz CT molecular complexity index is 655. The lowest BCUT2D eigenvalue weighted by Crippen LogP contribution is -2.23. The number of aryl methyl sites for hydroxylation is 1. The van der Waals surface area contributed by atoms with Gasteiger partial charge in [0.1, 0.15) is 0 Å². The minimum atomic E-state index is 0.119. The number of benzene rings is 2. The van der Waals surface area contributed by atoms with Gasteiger partial charge in [0.25, 0.3) is 0 Å². The summed E-state index contributed by atoms with van der Waals surface area (Å²) in [4.78, 5) is 0. The molecule has 2 aromatic carbocycles. The van der Waals surface area contributed by atoms with Crippen LogP contribution in [-0.2, 0) is 0 Å². The largest absolute Gasteiger partial charge is 0.306 e. The summed E-state index contributed by atoms with van der Waals surface area (Å²) in [5, 5.41) is 3.57. The summed E-state index contributed by atoms with van der Waals surface area (Å²) in [6.07, 6.45) is 0. The van der Waals surface area contributed by atoms with Crippen LogP contribution >= 0.6 is 63.7 Å². The molecule has 0 spiro atoms. The molecule has 0 fully saturated rings. The second kappa shape index (κ2) is 7.73. The summed E-state index contributed by atoms with van der Waals surface area (Å²) >= 11 is 14.6. The van der Waals surface area contributed by atoms with E-state index in [4.69, 9.17) is 0 Å². The van der Waals surface area contributed by atoms with E-state index in [0.717, 1.165) is 24.4 Å². The van der Waals surface area contributed by atoms with Crippen molar-refractivity contribution in [3.05, 3.63) is 64.9 Å². The zero-order valence-corrected chi connectivity index (χ0v) is 18.0. The van der Waals surface area contributed by atoms with Gasteiger partial charge in [-0.15, -0.1) is 0 Å². The van der Waals surface area contributed by atoms with Crippen LogP contribution in [0.4, 0.5) is 0 Å². The van der Waals surface area contributed by atoms with Gasteiger partial charge in [-0.3, -0.25) is 0 Å². The second-order valence-corrected chi connectivity index (χ2v) is 8.26. The molecular formula is C16H15Br4N. The Labute approximate surface area is 159 Å². The maximum absolute atomic E-state index is 3.70. The van der Waals surface area contributed by atoms with Gasteiger partial charge in [-0.1, -0.05) is 70.6 Å². The molecule has 2 rings (SSSR count). The highest BCUT2D eigenvalue weighted by atomic mass is 79.9. The Morgan fingerprint density at radius 2 is 1.57 bits per heavy atom. The molecule has 0 aliphatic carbocycles. The van der Waals surface area contributed by atoms with E-state index < -0.39 is 0 Å². The Morgan fingerprint density at radius 1 is 0.905 bits per heavy atom. The van der Waals surface area contributed by atoms with Crippen molar-refractivity contribution in [3.63, 3.8) is 0 Å². The smallest absolute Gasteiger partial charge is 0.0599 e. The van der Waals surface area contributed by atoms with Gasteiger partial charge in [-0.05, 0) is 60.5 Å². The monoisotopic (exact) mass is 537 g/mol. The first-order chi connectivity index (χ1) is 9.93. The van der Waals surface area contributed by atoms with Crippen molar-refractivity contribution in [1.29, 1.82) is 0 Å². The Kier molecular flexibility index (Phi) is 6.51. The maximum atomic E-state index is 3.70. The van der Waals surface area contributed by atoms with Crippen molar-refractivity contribution in [2.45, 2.75) is 19.9 Å². The first kappa shape index (κ1) is 17.7. The van der Waals surface area contributed by atoms with Crippen LogP contribution in [0.25, 0.3) is 0 Å². The SMILES string of the molecule is CCNC(c1cc(Br)ccc1Br)c1cc(Br)c(C)cc1Br. The average Bonchev–Trinajstić information content (AvgIpc) is 2.43. The van der Waals surface area contributed by atoms with Crippen LogP contribution in [0.2, 0.25) is 0 Å². The predicted octanol–water partition coefficient (Wildman–Crippen LogP) is 6.74. The highest BCUT2D eigenvalue weighted by Crippen LogP contribution is 2.36. The van der Waals surface area contributed by atoms with Crippen molar-refractivity contribution in [2.24, 2.45) is 0 Å². The summed E-state index contributed by atoms with van der Waals surface area (Å²) in [6.45, 7) is 5.10. The normalized spacial score (nSPS) is 12.5. The summed E-state index contributed by atoms with van der Waals surface area (Å²) in [7, 11) is 0. The molecular weight excluding hydrogens is 526 g/mol. The van der Waals surface area contributed by atoms with Gasteiger partial charge >= 0.3 is 0 Å². The van der Waals surface area contributed by atoms with Gasteiger partial charge in [0.2, 0.25) is 0 Å². The number of halogens is 4. The minimum absolute atomic E-state index is 0.119. The van der Waals surface area contributed by atoms with E-state index in [1.54, 1.807) is 0 Å². The highest BCUT2D eigenvalue weighted by molar-refractivity contribution is 9.11. The first-order valence-electron chi connectivity index (χ1n) is 6.58. The molecule has 0 bridgehead atoms. The molecule has 1 atom stereocenters. The topological polar surface area (TPSA) is 12.0 Å². The van der Waals surface area contributed by atoms with Gasteiger partial charge in [0.15, 0.2) is 0 Å². The first-order valence-corrected chi connectivity index (χ1v) is 9.75. The van der Waals surface area contributed by atoms with Crippen LogP contribution in [0.15, 0.2) is 48.2 Å². The number of hydrogen-bond donors (Lipinski definition) is 1. The third kappa shape index (κ3) is 4.20. The molecule has 0 aliphatic heterocycles. The van der Waals surface area contributed by atoms with Gasteiger partial charge in [0, 0.05) is 17.9 Å². The van der Waals surface area contributed by atoms with E-state index in [1.807, 2.05) is 6.07 Å². The van der Waals surface area contributed by atoms with E-state index in [1.165, 1.54) is 16.7 Å². The third-order valence-electron chi connectivity index (χ3n) is 3.27. The molecule has 21 heavy (non-hydrogen) atoms. The van der Waals surface area contributed by atoms with Crippen LogP contribution in [0.1, 0.15) is 29.7 Å². The Balaban J connectivity index is 2.58. The molecule has 2 aromatic rings. The molecule has 1 nitrogen and oxygen atoms in total. The van der Waals surface area contributed by atoms with Crippen LogP contribution in [-0.4, -0.2) is 6.54 Å². The Morgan fingerprint density at radius 3 is 2.24 bits per heavy atom. The van der Waals surface area contributed by atoms with Crippen LogP contribution in [0.5, 0.6) is 0 Å². The zero-order valence-electron chi connectivity index (χ0n) is 11.7. The standard InChI is InChI=1S/C16H15Br4N/c1-3-21-16(11-7-10(17)4-5-13(11)18)12-8-14(19)9(2)6-15(12)20/h4-8,16,21H,3H2,1-2H3. The molecule has 0 aliphatic rings. The van der Waals surface area contributed by atoms with Crippen molar-refractivity contribution >= 4 is 63.7 Å². The van der Waals surface area contributed by atoms with E-state index in [-0.39, 0.29) is 6.04 Å². The molecule has 112 valence electrons. The fraction of sp³-hybridized carbons (Fsp3) is 0.250. The molecule has 1 N–H and O–H groups in total. The summed E-state index contributed by atoms with van der Waals surface area (Å²) in [6, 6.07) is 10.7. The molecule has 0 aromatic heterocycles. The molecule has 0 radical (unpaired) electrons. The summed E-state index contributed by atoms with van der Waals surface area (Å²) in [5.74, 6) is 0. The number of nitrogens with one attached hydrogen (secondary N) is 1. The molecule has 5 heteroatoms. The van der Waals surface area contributed by atoms with Gasteiger partial charge in [-0.25, -0.2) is 0 Å². The second-order valence-electron chi connectivity index (χ2n) is 4.78. The minimum Gasteiger partial charge on any atom is -0.306 e. The van der Waals surface area contributed by atoms with Crippen LogP contribution in [0.3, 0.4) is 0 Å². The fourth-order valence-electron chi connectivity index (χ4n) is 2.21. The van der Waals surface area contributed by atoms with E-state index >= 15 is 0 Å². The fourth-order valence-corrected chi connectivity index (χ4v) is 4.11. The molecule has 1 unspecified atom stereocenters. The van der Waals surface area contributed by atoms with Crippen LogP contribution < -0.4 is 5.32 Å². The van der Waals surface area contributed by atoms with Crippen molar-refractivity contribution < 1.29 is 0 Å². The lowest BCUT2D eigenvalue weighted by Gasteiger charge is -2.22. The van der Waals surface area contributed by atoms with Crippen molar-refractivity contribution in [1.82, 2.24) is 5.32 Å². The maximum Gasteiger partial charge on any atom is 0.0599 e. The summed E-state index contributed by atoms with van der Waals surface area (Å²) < 4.78 is 4.40. The predicted molar refractivity (Wildman–Crippen MR) is 104 cm³/mol. The van der Waals surface area contributed by atoms with Crippen molar-refractivity contribution in [3.8, 4) is 0 Å². The van der Waals surface area contributed by atoms with E-state index in [2.05, 4.69) is 107 Å². The quantitative estimate of drug-likeness (QED) is 0.453. The lowest BCUT2D eigenvalue weighted by atomic mass is 9.98. The van der Waals surface area contributed by atoms with E-state index in [9.17, 15) is 0 Å². The van der Waals surface area contributed by atoms with Gasteiger partial charge in [-0.2, -0.15) is 0 Å². The zero-order chi connectivity index (χ0) is 15.6. The molecule has 0 heterocycles. The number of rotatable bonds is 4. The third-order valence-corrected chi connectivity index (χ3v) is 6.02. The average molecular weight is 541 g/mol. The molecule has 0 amide bonds. The Hall–Kier alpha value is 0.320. The van der Waals surface area contributed by atoms with Crippen LogP contribution in [0, 0.1) is 6.92 Å². The molecule has 0 saturated carbocycles. The van der Waals surface area contributed by atoms with Crippen molar-refractivity contribution in [2.75, 3.05) is 6.54 Å². The molecule has 0 saturated heterocycles. The highest BCUT2D eigenvalue weighted by Gasteiger charge is 2.19. The lowest BCUT2D eigenvalue weighted by molar-refractivity contribution is 0.626. The summed E-state index contributed by atoms with van der Waals surface area (Å²) in [5.41, 5.74) is 3.64. The number of hydrogen-bond acceptors (Lipinski definition) is 1. The van der Waals surface area contributed by atoms with Gasteiger partial charge < -0.3 is 5.32 Å². The van der Waals surface area contributed by atoms with E-state index in [0.29, 0.717) is 0 Å².